The molecule has 0 aromatic carbocycles. The Morgan fingerprint density at radius 3 is 2.88 bits per heavy atom. The summed E-state index contributed by atoms with van der Waals surface area (Å²) in [4.78, 5) is 0. The smallest absolute Gasteiger partial charge is 0.103 e. The first kappa shape index (κ1) is 13.2. The molecule has 0 fully saturated rings. The zero-order chi connectivity index (χ0) is 12.0. The predicted octanol–water partition coefficient (Wildman–Crippen LogP) is 2.32. The number of nitrogens with zero attached hydrogens (tertiary/aromatic N) is 3. The van der Waals surface area contributed by atoms with Crippen molar-refractivity contribution in [1.82, 2.24) is 15.1 Å². The van der Waals surface area contributed by atoms with E-state index in [1.165, 1.54) is 0 Å². The Morgan fingerprint density at radius 2 is 2.38 bits per heavy atom. The fourth-order valence-corrected chi connectivity index (χ4v) is 1.78. The molecule has 1 aromatic heterocycles. The van der Waals surface area contributed by atoms with Gasteiger partial charge in [-0.3, -0.25) is 4.68 Å². The van der Waals surface area contributed by atoms with Gasteiger partial charge in [0.1, 0.15) is 5.54 Å². The summed E-state index contributed by atoms with van der Waals surface area (Å²) in [6, 6.07) is 2.29. The summed E-state index contributed by atoms with van der Waals surface area (Å²) in [5.41, 5.74) is -0.398. The van der Waals surface area contributed by atoms with Crippen LogP contribution in [0.25, 0.3) is 0 Å². The number of aromatic nitrogens is 2. The highest BCUT2D eigenvalue weighted by molar-refractivity contribution is 9.10. The molecule has 88 valence electrons. The van der Waals surface area contributed by atoms with Crippen LogP contribution in [0.4, 0.5) is 0 Å². The fourth-order valence-electron chi connectivity index (χ4n) is 1.45. The van der Waals surface area contributed by atoms with Crippen LogP contribution >= 0.6 is 15.9 Å². The third-order valence-corrected chi connectivity index (χ3v) is 3.12. The van der Waals surface area contributed by atoms with E-state index < -0.39 is 5.54 Å². The molecule has 0 aliphatic heterocycles. The average Bonchev–Trinajstić information content (AvgIpc) is 2.70. The van der Waals surface area contributed by atoms with Crippen LogP contribution in [0.3, 0.4) is 0 Å². The maximum atomic E-state index is 8.97. The standard InChI is InChI=1S/C11H17BrN4/c1-11(9-13,14-2)5-3-4-6-16-8-10(12)7-15-16/h7-8,14H,3-6H2,1-2H3. The Balaban J connectivity index is 2.24. The van der Waals surface area contributed by atoms with Crippen molar-refractivity contribution in [2.75, 3.05) is 7.05 Å². The van der Waals surface area contributed by atoms with Gasteiger partial charge in [0.15, 0.2) is 0 Å². The molecule has 0 amide bonds. The molecule has 1 unspecified atom stereocenters. The highest BCUT2D eigenvalue weighted by atomic mass is 79.9. The number of nitrogens with one attached hydrogen (secondary N) is 1. The SMILES string of the molecule is CNC(C)(C#N)CCCCn1cc(Br)cn1. The van der Waals surface area contributed by atoms with E-state index in [2.05, 4.69) is 32.4 Å². The molecule has 0 bridgehead atoms. The largest absolute Gasteiger partial charge is 0.303 e. The maximum Gasteiger partial charge on any atom is 0.103 e. The first-order valence-electron chi connectivity index (χ1n) is 5.38. The Morgan fingerprint density at radius 1 is 1.62 bits per heavy atom. The summed E-state index contributed by atoms with van der Waals surface area (Å²) >= 11 is 3.36. The molecule has 0 saturated carbocycles. The summed E-state index contributed by atoms with van der Waals surface area (Å²) < 4.78 is 2.91. The summed E-state index contributed by atoms with van der Waals surface area (Å²) in [7, 11) is 1.83. The summed E-state index contributed by atoms with van der Waals surface area (Å²) in [5, 5.41) is 16.2. The average molecular weight is 285 g/mol. The number of hydrogen-bond donors (Lipinski definition) is 1. The number of nitriles is 1. The van der Waals surface area contributed by atoms with E-state index in [0.29, 0.717) is 0 Å². The third-order valence-electron chi connectivity index (χ3n) is 2.71. The summed E-state index contributed by atoms with van der Waals surface area (Å²) in [5.74, 6) is 0. The van der Waals surface area contributed by atoms with E-state index in [1.54, 1.807) is 6.20 Å². The lowest BCUT2D eigenvalue weighted by molar-refractivity contribution is 0.419. The van der Waals surface area contributed by atoms with Crippen molar-refractivity contribution >= 4 is 15.9 Å². The predicted molar refractivity (Wildman–Crippen MR) is 66.9 cm³/mol. The molecular weight excluding hydrogens is 268 g/mol. The van der Waals surface area contributed by atoms with Crippen molar-refractivity contribution in [3.05, 3.63) is 16.9 Å². The van der Waals surface area contributed by atoms with E-state index in [0.717, 1.165) is 30.3 Å². The lowest BCUT2D eigenvalue weighted by Gasteiger charge is -2.20. The molecule has 4 nitrogen and oxygen atoms in total. The lowest BCUT2D eigenvalue weighted by Crippen LogP contribution is -2.37. The third kappa shape index (κ3) is 3.95. The van der Waals surface area contributed by atoms with Gasteiger partial charge in [-0.25, -0.2) is 0 Å². The Hall–Kier alpha value is -0.860. The number of aryl methyl sites for hydroxylation is 1. The first-order valence-corrected chi connectivity index (χ1v) is 6.17. The normalized spacial score (nSPS) is 14.4. The molecule has 0 radical (unpaired) electrons. The molecule has 1 atom stereocenters. The van der Waals surface area contributed by atoms with Crippen LogP contribution in [0.2, 0.25) is 0 Å². The lowest BCUT2D eigenvalue weighted by atomic mass is 9.97. The van der Waals surface area contributed by atoms with Crippen LogP contribution < -0.4 is 5.32 Å². The van der Waals surface area contributed by atoms with Crippen LogP contribution in [0.5, 0.6) is 0 Å². The number of halogens is 1. The first-order chi connectivity index (χ1) is 7.59. The van der Waals surface area contributed by atoms with Gasteiger partial charge in [0.2, 0.25) is 0 Å². The van der Waals surface area contributed by atoms with Gasteiger partial charge >= 0.3 is 0 Å². The fraction of sp³-hybridized carbons (Fsp3) is 0.636. The number of rotatable bonds is 6. The Bertz CT molecular complexity index is 368. The quantitative estimate of drug-likeness (QED) is 0.816. The molecule has 1 rings (SSSR count). The second-order valence-corrected chi connectivity index (χ2v) is 4.99. The van der Waals surface area contributed by atoms with E-state index in [9.17, 15) is 0 Å². The molecule has 0 aliphatic rings. The van der Waals surface area contributed by atoms with Gasteiger partial charge < -0.3 is 5.32 Å². The zero-order valence-electron chi connectivity index (χ0n) is 9.70. The molecule has 1 aromatic rings. The summed E-state index contributed by atoms with van der Waals surface area (Å²) in [6.07, 6.45) is 6.66. The van der Waals surface area contributed by atoms with Crippen molar-refractivity contribution in [3.8, 4) is 6.07 Å². The van der Waals surface area contributed by atoms with Gasteiger partial charge in [0.25, 0.3) is 0 Å². The Labute approximate surface area is 105 Å². The van der Waals surface area contributed by atoms with Crippen molar-refractivity contribution in [1.29, 1.82) is 5.26 Å². The van der Waals surface area contributed by atoms with Gasteiger partial charge in [-0.1, -0.05) is 0 Å². The molecule has 1 heterocycles. The number of unbranched alkanes of at least 4 members (excludes halogenated alkanes) is 1. The van der Waals surface area contributed by atoms with E-state index in [-0.39, 0.29) is 0 Å². The maximum absolute atomic E-state index is 8.97. The minimum atomic E-state index is -0.398. The van der Waals surface area contributed by atoms with Crippen LogP contribution in [0, 0.1) is 11.3 Å². The molecule has 0 aliphatic carbocycles. The van der Waals surface area contributed by atoms with E-state index in [4.69, 9.17) is 5.26 Å². The minimum absolute atomic E-state index is 0.398. The van der Waals surface area contributed by atoms with Gasteiger partial charge in [-0.15, -0.1) is 0 Å². The zero-order valence-corrected chi connectivity index (χ0v) is 11.3. The topological polar surface area (TPSA) is 53.6 Å². The van der Waals surface area contributed by atoms with Crippen LogP contribution in [-0.4, -0.2) is 22.4 Å². The van der Waals surface area contributed by atoms with E-state index >= 15 is 0 Å². The van der Waals surface area contributed by atoms with Crippen molar-refractivity contribution in [2.24, 2.45) is 0 Å². The highest BCUT2D eigenvalue weighted by Gasteiger charge is 2.19. The molecule has 16 heavy (non-hydrogen) atoms. The van der Waals surface area contributed by atoms with Gasteiger partial charge in [0.05, 0.1) is 16.7 Å². The highest BCUT2D eigenvalue weighted by Crippen LogP contribution is 2.13. The van der Waals surface area contributed by atoms with Crippen molar-refractivity contribution < 1.29 is 0 Å². The van der Waals surface area contributed by atoms with Crippen molar-refractivity contribution in [3.63, 3.8) is 0 Å². The van der Waals surface area contributed by atoms with Crippen LogP contribution in [0.15, 0.2) is 16.9 Å². The number of hydrogen-bond acceptors (Lipinski definition) is 3. The van der Waals surface area contributed by atoms with Crippen LogP contribution in [0.1, 0.15) is 26.2 Å². The molecule has 0 saturated heterocycles. The van der Waals surface area contributed by atoms with Crippen molar-refractivity contribution in [2.45, 2.75) is 38.3 Å². The minimum Gasteiger partial charge on any atom is -0.303 e. The van der Waals surface area contributed by atoms with Gasteiger partial charge in [0, 0.05) is 12.7 Å². The van der Waals surface area contributed by atoms with Gasteiger partial charge in [-0.2, -0.15) is 10.4 Å². The molecule has 0 spiro atoms. The second-order valence-electron chi connectivity index (χ2n) is 4.07. The molecule has 5 heteroatoms. The second kappa shape index (κ2) is 6.02. The molecule has 1 N–H and O–H groups in total. The van der Waals surface area contributed by atoms with Crippen LogP contribution in [-0.2, 0) is 6.54 Å². The summed E-state index contributed by atoms with van der Waals surface area (Å²) in [6.45, 7) is 2.83. The Kier molecular flexibility index (Phi) is 4.97. The van der Waals surface area contributed by atoms with E-state index in [1.807, 2.05) is 24.9 Å². The monoisotopic (exact) mass is 284 g/mol. The molecular formula is C11H17BrN4. The van der Waals surface area contributed by atoms with Gasteiger partial charge in [-0.05, 0) is 49.2 Å².